The maximum Gasteiger partial charge on any atom is 0.191 e. The van der Waals surface area contributed by atoms with Gasteiger partial charge in [-0.3, -0.25) is 0 Å². The number of thioether (sulfide) groups is 1. The molecule has 3 aromatic rings. The molecule has 0 aliphatic carbocycles. The largest absolute Gasteiger partial charge is 0.306 e. The van der Waals surface area contributed by atoms with Crippen LogP contribution in [-0.2, 0) is 18.7 Å². The van der Waals surface area contributed by atoms with Gasteiger partial charge in [0, 0.05) is 28.8 Å². The first kappa shape index (κ1) is 17.3. The van der Waals surface area contributed by atoms with Gasteiger partial charge in [0.1, 0.15) is 5.82 Å². The molecule has 24 heavy (non-hydrogen) atoms. The second kappa shape index (κ2) is 8.06. The van der Waals surface area contributed by atoms with Crippen LogP contribution in [0.1, 0.15) is 23.9 Å². The summed E-state index contributed by atoms with van der Waals surface area (Å²) in [6.45, 7) is 2.96. The van der Waals surface area contributed by atoms with E-state index < -0.39 is 0 Å². The molecule has 0 radical (unpaired) electrons. The summed E-state index contributed by atoms with van der Waals surface area (Å²) < 4.78 is 2.16. The molecule has 124 valence electrons. The maximum absolute atomic E-state index is 5.94. The van der Waals surface area contributed by atoms with Crippen LogP contribution >= 0.6 is 35.0 Å². The third-order valence-electron chi connectivity index (χ3n) is 3.67. The van der Waals surface area contributed by atoms with Gasteiger partial charge in [0.05, 0.1) is 0 Å². The number of aromatic nitrogens is 3. The number of rotatable bonds is 6. The van der Waals surface area contributed by atoms with Gasteiger partial charge < -0.3 is 4.57 Å². The third kappa shape index (κ3) is 4.32. The van der Waals surface area contributed by atoms with Crippen LogP contribution in [0.15, 0.2) is 53.7 Å². The zero-order valence-electron chi connectivity index (χ0n) is 13.2. The molecule has 2 aromatic carbocycles. The molecule has 0 atom stereocenters. The Bertz CT molecular complexity index is 798. The normalized spacial score (nSPS) is 11.0. The van der Waals surface area contributed by atoms with Crippen LogP contribution in [0.25, 0.3) is 0 Å². The number of nitrogens with zero attached hydrogens (tertiary/aromatic N) is 3. The summed E-state index contributed by atoms with van der Waals surface area (Å²) in [4.78, 5) is 0. The summed E-state index contributed by atoms with van der Waals surface area (Å²) in [7, 11) is 0. The minimum absolute atomic E-state index is 0.745. The monoisotopic (exact) mass is 377 g/mol. The summed E-state index contributed by atoms with van der Waals surface area (Å²) in [5, 5.41) is 11.2. The third-order valence-corrected chi connectivity index (χ3v) is 5.21. The van der Waals surface area contributed by atoms with Gasteiger partial charge in [0.15, 0.2) is 5.16 Å². The van der Waals surface area contributed by atoms with Gasteiger partial charge in [-0.25, -0.2) is 0 Å². The Hall–Kier alpha value is -1.49. The van der Waals surface area contributed by atoms with Crippen LogP contribution in [0.5, 0.6) is 0 Å². The van der Waals surface area contributed by atoms with E-state index in [1.165, 1.54) is 11.1 Å². The van der Waals surface area contributed by atoms with Crippen molar-refractivity contribution in [3.05, 3.63) is 75.5 Å². The highest BCUT2D eigenvalue weighted by atomic mass is 35.5. The van der Waals surface area contributed by atoms with Crippen molar-refractivity contribution >= 4 is 35.0 Å². The summed E-state index contributed by atoms with van der Waals surface area (Å²) in [5.74, 6) is 1.81. The highest BCUT2D eigenvalue weighted by Crippen LogP contribution is 2.24. The SMILES string of the molecule is CCn1c(Cc2ccc(Cl)cc2)nnc1SCc1ccc(Cl)cc1. The van der Waals surface area contributed by atoms with E-state index >= 15 is 0 Å². The van der Waals surface area contributed by atoms with E-state index in [1.54, 1.807) is 11.8 Å². The van der Waals surface area contributed by atoms with Gasteiger partial charge in [-0.05, 0) is 42.3 Å². The molecule has 0 aliphatic rings. The van der Waals surface area contributed by atoms with Crippen molar-refractivity contribution in [2.45, 2.75) is 30.8 Å². The molecule has 0 amide bonds. The van der Waals surface area contributed by atoms with E-state index in [0.717, 1.165) is 39.7 Å². The Balaban J connectivity index is 1.71. The first-order chi connectivity index (χ1) is 11.7. The quantitative estimate of drug-likeness (QED) is 0.532. The number of hydrogen-bond donors (Lipinski definition) is 0. The van der Waals surface area contributed by atoms with Crippen LogP contribution in [0.4, 0.5) is 0 Å². The lowest BCUT2D eigenvalue weighted by molar-refractivity contribution is 0.651. The summed E-state index contributed by atoms with van der Waals surface area (Å²) >= 11 is 13.6. The van der Waals surface area contributed by atoms with Crippen LogP contribution in [0, 0.1) is 0 Å². The molecular weight excluding hydrogens is 361 g/mol. The molecule has 0 unspecified atom stereocenters. The van der Waals surface area contributed by atoms with Gasteiger partial charge in [-0.15, -0.1) is 10.2 Å². The average Bonchev–Trinajstić information content (AvgIpc) is 2.98. The highest BCUT2D eigenvalue weighted by Gasteiger charge is 2.12. The van der Waals surface area contributed by atoms with Crippen molar-refractivity contribution in [3.8, 4) is 0 Å². The predicted octanol–water partition coefficient (Wildman–Crippen LogP) is 5.49. The van der Waals surface area contributed by atoms with Crippen LogP contribution in [0.3, 0.4) is 0 Å². The minimum Gasteiger partial charge on any atom is -0.306 e. The van der Waals surface area contributed by atoms with Crippen molar-refractivity contribution in [1.82, 2.24) is 14.8 Å². The molecule has 1 heterocycles. The molecule has 6 heteroatoms. The lowest BCUT2D eigenvalue weighted by Gasteiger charge is -2.07. The van der Waals surface area contributed by atoms with Crippen molar-refractivity contribution in [1.29, 1.82) is 0 Å². The molecule has 0 N–H and O–H groups in total. The smallest absolute Gasteiger partial charge is 0.191 e. The molecule has 0 aliphatic heterocycles. The van der Waals surface area contributed by atoms with Crippen LogP contribution in [-0.4, -0.2) is 14.8 Å². The van der Waals surface area contributed by atoms with E-state index in [1.807, 2.05) is 48.5 Å². The molecule has 3 nitrogen and oxygen atoms in total. The maximum atomic E-state index is 5.94. The van der Waals surface area contributed by atoms with E-state index in [4.69, 9.17) is 23.2 Å². The van der Waals surface area contributed by atoms with Gasteiger partial charge in [-0.2, -0.15) is 0 Å². The van der Waals surface area contributed by atoms with Crippen molar-refractivity contribution in [2.24, 2.45) is 0 Å². The van der Waals surface area contributed by atoms with E-state index in [2.05, 4.69) is 21.7 Å². The fourth-order valence-electron chi connectivity index (χ4n) is 2.39. The zero-order valence-corrected chi connectivity index (χ0v) is 15.6. The molecular formula is C18H17Cl2N3S. The Labute approximate surface area is 156 Å². The molecule has 0 spiro atoms. The Morgan fingerprint density at radius 1 is 0.875 bits per heavy atom. The lowest BCUT2D eigenvalue weighted by atomic mass is 10.1. The summed E-state index contributed by atoms with van der Waals surface area (Å²) in [5.41, 5.74) is 2.39. The summed E-state index contributed by atoms with van der Waals surface area (Å²) in [6, 6.07) is 15.8. The van der Waals surface area contributed by atoms with Crippen molar-refractivity contribution < 1.29 is 0 Å². The molecule has 1 aromatic heterocycles. The van der Waals surface area contributed by atoms with Crippen molar-refractivity contribution in [3.63, 3.8) is 0 Å². The Kier molecular flexibility index (Phi) is 5.82. The van der Waals surface area contributed by atoms with E-state index in [-0.39, 0.29) is 0 Å². The van der Waals surface area contributed by atoms with Gasteiger partial charge in [-0.1, -0.05) is 59.2 Å². The minimum atomic E-state index is 0.745. The van der Waals surface area contributed by atoms with Gasteiger partial charge in [0.25, 0.3) is 0 Å². The Morgan fingerprint density at radius 2 is 1.46 bits per heavy atom. The number of hydrogen-bond acceptors (Lipinski definition) is 3. The van der Waals surface area contributed by atoms with Crippen molar-refractivity contribution in [2.75, 3.05) is 0 Å². The number of halogens is 2. The second-order valence-corrected chi connectivity index (χ2v) is 7.18. The zero-order chi connectivity index (χ0) is 16.9. The standard InChI is InChI=1S/C18H17Cl2N3S/c1-2-23-17(11-13-3-7-15(19)8-4-13)21-22-18(23)24-12-14-5-9-16(20)10-6-14/h3-10H,2,11-12H2,1H3. The number of benzene rings is 2. The van der Waals surface area contributed by atoms with Crippen LogP contribution < -0.4 is 0 Å². The molecule has 0 saturated carbocycles. The van der Waals surface area contributed by atoms with Gasteiger partial charge >= 0.3 is 0 Å². The fourth-order valence-corrected chi connectivity index (χ4v) is 3.62. The molecule has 0 fully saturated rings. The molecule has 3 rings (SSSR count). The predicted molar refractivity (Wildman–Crippen MR) is 101 cm³/mol. The topological polar surface area (TPSA) is 30.7 Å². The van der Waals surface area contributed by atoms with E-state index in [9.17, 15) is 0 Å². The first-order valence-electron chi connectivity index (χ1n) is 7.69. The molecule has 0 saturated heterocycles. The van der Waals surface area contributed by atoms with Crippen LogP contribution in [0.2, 0.25) is 10.0 Å². The first-order valence-corrected chi connectivity index (χ1v) is 9.43. The fraction of sp³-hybridized carbons (Fsp3) is 0.222. The second-order valence-electron chi connectivity index (χ2n) is 5.36. The lowest BCUT2D eigenvalue weighted by Crippen LogP contribution is -2.04. The highest BCUT2D eigenvalue weighted by molar-refractivity contribution is 7.98. The van der Waals surface area contributed by atoms with Gasteiger partial charge in [0.2, 0.25) is 0 Å². The summed E-state index contributed by atoms with van der Waals surface area (Å²) in [6.07, 6.45) is 0.750. The van der Waals surface area contributed by atoms with E-state index in [0.29, 0.717) is 0 Å². The Morgan fingerprint density at radius 3 is 2.04 bits per heavy atom. The molecule has 0 bridgehead atoms. The average molecular weight is 378 g/mol.